The van der Waals surface area contributed by atoms with Crippen LogP contribution in [0.1, 0.15) is 105 Å². The first-order valence-electron chi connectivity index (χ1n) is 10.7. The van der Waals surface area contributed by atoms with Crippen molar-refractivity contribution >= 4 is 20.5 Å². The standard InChI is InChI=1S/C21H37B2NO/c1-18(2,3)24-17(25)20-13-10-14-21(23-20,16-15-20)22-19(4)11-8-6-5-7-9-12-19/h5-16H2,1-4H3,(H,24,25). The van der Waals surface area contributed by atoms with Crippen LogP contribution in [0.25, 0.3) is 0 Å². The van der Waals surface area contributed by atoms with E-state index in [1.54, 1.807) is 0 Å². The molecule has 2 bridgehead atoms. The lowest BCUT2D eigenvalue weighted by molar-refractivity contribution is -0.125. The van der Waals surface area contributed by atoms with Gasteiger partial charge in [-0.05, 0) is 33.6 Å². The third-order valence-corrected chi connectivity index (χ3v) is 6.94. The normalized spacial score (nSPS) is 35.2. The van der Waals surface area contributed by atoms with Crippen LogP contribution in [0.4, 0.5) is 0 Å². The van der Waals surface area contributed by atoms with Crippen LogP contribution in [0.2, 0.25) is 15.8 Å². The van der Waals surface area contributed by atoms with Crippen molar-refractivity contribution in [2.75, 3.05) is 0 Å². The number of hydrogen-bond donors (Lipinski definition) is 1. The van der Waals surface area contributed by atoms with Gasteiger partial charge >= 0.3 is 0 Å². The molecule has 2 saturated heterocycles. The van der Waals surface area contributed by atoms with E-state index in [0.717, 1.165) is 12.8 Å². The average Bonchev–Trinajstić information content (AvgIpc) is 2.74. The van der Waals surface area contributed by atoms with Gasteiger partial charge in [0.25, 0.3) is 0 Å². The van der Waals surface area contributed by atoms with Crippen molar-refractivity contribution in [3.63, 3.8) is 0 Å². The summed E-state index contributed by atoms with van der Waals surface area (Å²) in [6.07, 6.45) is 15.4. The predicted octanol–water partition coefficient (Wildman–Crippen LogP) is 5.49. The summed E-state index contributed by atoms with van der Waals surface area (Å²) in [5.41, 5.74) is -0.141. The molecular weight excluding hydrogens is 304 g/mol. The maximum atomic E-state index is 13.1. The summed E-state index contributed by atoms with van der Waals surface area (Å²) in [7, 11) is 5.21. The number of rotatable bonds is 3. The molecule has 2 heterocycles. The fourth-order valence-electron chi connectivity index (χ4n) is 5.77. The summed E-state index contributed by atoms with van der Waals surface area (Å²) in [6.45, 7) is 8.77. The molecule has 0 spiro atoms. The maximum Gasteiger partial charge on any atom is 0.218 e. The number of carbonyl (C=O) groups excluding carboxylic acids is 1. The molecule has 1 saturated carbocycles. The second-order valence-electron chi connectivity index (χ2n) is 10.7. The molecule has 2 nitrogen and oxygen atoms in total. The van der Waals surface area contributed by atoms with Gasteiger partial charge in [0.05, 0.1) is 0 Å². The Morgan fingerprint density at radius 2 is 1.52 bits per heavy atom. The zero-order valence-electron chi connectivity index (χ0n) is 17.0. The Morgan fingerprint density at radius 1 is 0.880 bits per heavy atom. The van der Waals surface area contributed by atoms with Crippen molar-refractivity contribution in [1.29, 1.82) is 0 Å². The van der Waals surface area contributed by atoms with Gasteiger partial charge in [-0.2, -0.15) is 0 Å². The molecule has 0 aromatic heterocycles. The lowest BCUT2D eigenvalue weighted by Gasteiger charge is -2.44. The van der Waals surface area contributed by atoms with Crippen LogP contribution in [0.15, 0.2) is 0 Å². The molecule has 3 rings (SSSR count). The van der Waals surface area contributed by atoms with E-state index in [2.05, 4.69) is 47.6 Å². The van der Waals surface area contributed by atoms with Crippen molar-refractivity contribution in [3.05, 3.63) is 0 Å². The molecule has 1 N–H and O–H groups in total. The van der Waals surface area contributed by atoms with Crippen LogP contribution in [-0.4, -0.2) is 26.0 Å². The lowest BCUT2D eigenvalue weighted by Crippen LogP contribution is -2.49. The summed E-state index contributed by atoms with van der Waals surface area (Å²) in [6, 6.07) is 0. The van der Waals surface area contributed by atoms with Crippen molar-refractivity contribution in [2.45, 2.75) is 126 Å². The maximum absolute atomic E-state index is 13.1. The molecule has 138 valence electrons. The van der Waals surface area contributed by atoms with Crippen LogP contribution < -0.4 is 5.32 Å². The van der Waals surface area contributed by atoms with E-state index in [-0.39, 0.29) is 22.0 Å². The molecule has 2 atom stereocenters. The van der Waals surface area contributed by atoms with Crippen molar-refractivity contribution in [1.82, 2.24) is 5.32 Å². The predicted molar refractivity (Wildman–Crippen MR) is 109 cm³/mol. The van der Waals surface area contributed by atoms with Crippen LogP contribution in [0.5, 0.6) is 0 Å². The number of fused-ring (bicyclic) bond motifs is 2. The first-order chi connectivity index (χ1) is 11.7. The smallest absolute Gasteiger partial charge is 0.218 e. The van der Waals surface area contributed by atoms with Gasteiger partial charge in [0, 0.05) is 10.9 Å². The Kier molecular flexibility index (Phi) is 5.39. The van der Waals surface area contributed by atoms with Gasteiger partial charge in [-0.25, -0.2) is 0 Å². The monoisotopic (exact) mass is 341 g/mol. The first-order valence-corrected chi connectivity index (χ1v) is 10.7. The Bertz CT molecular complexity index is 493. The molecule has 2 aliphatic heterocycles. The van der Waals surface area contributed by atoms with Gasteiger partial charge in [-0.15, -0.1) is 0 Å². The van der Waals surface area contributed by atoms with Gasteiger partial charge < -0.3 is 5.32 Å². The van der Waals surface area contributed by atoms with E-state index < -0.39 is 0 Å². The summed E-state index contributed by atoms with van der Waals surface area (Å²) in [5.74, 6) is 0.276. The van der Waals surface area contributed by atoms with E-state index in [1.165, 1.54) is 64.2 Å². The number of amides is 1. The molecule has 2 radical (unpaired) electrons. The fraction of sp³-hybridized carbons (Fsp3) is 0.952. The lowest BCUT2D eigenvalue weighted by atomic mass is 9.22. The van der Waals surface area contributed by atoms with Gasteiger partial charge in [-0.3, -0.25) is 4.79 Å². The SMILES string of the molecule is CC1([B]C23[B]C(C(=O)NC(C)(C)C)(CCC2)CC3)CCCCCCC1. The Labute approximate surface area is 157 Å². The highest BCUT2D eigenvalue weighted by Gasteiger charge is 2.57. The quantitative estimate of drug-likeness (QED) is 0.676. The largest absolute Gasteiger partial charge is 0.352 e. The van der Waals surface area contributed by atoms with E-state index in [0.29, 0.717) is 5.31 Å². The minimum absolute atomic E-state index is 0.141. The summed E-state index contributed by atoms with van der Waals surface area (Å²) in [4.78, 5) is 13.1. The van der Waals surface area contributed by atoms with Crippen LogP contribution in [-0.2, 0) is 4.79 Å². The highest BCUT2D eigenvalue weighted by Crippen LogP contribution is 2.63. The van der Waals surface area contributed by atoms with Gasteiger partial charge in [0.15, 0.2) is 0 Å². The molecule has 2 unspecified atom stereocenters. The van der Waals surface area contributed by atoms with Gasteiger partial charge in [0.1, 0.15) is 14.6 Å². The highest BCUT2D eigenvalue weighted by molar-refractivity contribution is 6.69. The molecule has 1 amide bonds. The second kappa shape index (κ2) is 6.97. The molecule has 1 aliphatic carbocycles. The molecule has 25 heavy (non-hydrogen) atoms. The van der Waals surface area contributed by atoms with Crippen molar-refractivity contribution < 1.29 is 4.79 Å². The third-order valence-electron chi connectivity index (χ3n) is 6.94. The van der Waals surface area contributed by atoms with Crippen molar-refractivity contribution in [2.24, 2.45) is 0 Å². The fourth-order valence-corrected chi connectivity index (χ4v) is 5.77. The van der Waals surface area contributed by atoms with Crippen molar-refractivity contribution in [3.8, 4) is 0 Å². The molecular formula is C21H37B2NO. The first kappa shape index (κ1) is 19.4. The zero-order valence-corrected chi connectivity index (χ0v) is 17.0. The molecule has 3 fully saturated rings. The second-order valence-corrected chi connectivity index (χ2v) is 10.7. The Balaban J connectivity index is 1.71. The minimum atomic E-state index is -0.208. The molecule has 4 heteroatoms. The zero-order chi connectivity index (χ0) is 18.2. The third kappa shape index (κ3) is 4.48. The molecule has 0 aromatic carbocycles. The van der Waals surface area contributed by atoms with Crippen LogP contribution >= 0.6 is 0 Å². The number of carbonyl (C=O) groups is 1. The van der Waals surface area contributed by atoms with E-state index in [9.17, 15) is 4.79 Å². The van der Waals surface area contributed by atoms with E-state index in [4.69, 9.17) is 0 Å². The highest BCUT2D eigenvalue weighted by atomic mass is 16.2. The van der Waals surface area contributed by atoms with E-state index >= 15 is 0 Å². The van der Waals surface area contributed by atoms with Crippen LogP contribution in [0.3, 0.4) is 0 Å². The van der Waals surface area contributed by atoms with E-state index in [1.807, 2.05) is 0 Å². The number of hydrogen-bond acceptors (Lipinski definition) is 1. The van der Waals surface area contributed by atoms with Gasteiger partial charge in [-0.1, -0.05) is 81.7 Å². The summed E-state index contributed by atoms with van der Waals surface area (Å²) < 4.78 is 0. The summed E-state index contributed by atoms with van der Waals surface area (Å²) >= 11 is 0. The Morgan fingerprint density at radius 3 is 2.16 bits per heavy atom. The van der Waals surface area contributed by atoms with Crippen LogP contribution in [0, 0.1) is 0 Å². The van der Waals surface area contributed by atoms with Gasteiger partial charge in [0.2, 0.25) is 5.91 Å². The molecule has 0 aromatic rings. The molecule has 3 aliphatic rings. The summed E-state index contributed by atoms with van der Waals surface area (Å²) in [5, 5.41) is 3.64. The minimum Gasteiger partial charge on any atom is -0.352 e. The average molecular weight is 341 g/mol. The number of nitrogens with one attached hydrogen (secondary N) is 1. The topological polar surface area (TPSA) is 29.1 Å². The Hall–Kier alpha value is -0.400.